The monoisotopic (exact) mass is 1270 g/mol. The predicted octanol–water partition coefficient (Wildman–Crippen LogP) is 14.0. The van der Waals surface area contributed by atoms with Gasteiger partial charge in [-0.3, -0.25) is 20.4 Å². The number of nitrogens with zero attached hydrogens (tertiary/aromatic N) is 12. The number of hydrogen-bond acceptors (Lipinski definition) is 18. The Hall–Kier alpha value is -10.3. The fraction of sp³-hybridized carbons (Fsp3) is 0.125. The summed E-state index contributed by atoms with van der Waals surface area (Å²) in [6, 6.07) is 60.1. The van der Waals surface area contributed by atoms with Crippen molar-refractivity contribution >= 4 is 113 Å². The van der Waals surface area contributed by atoms with Gasteiger partial charge >= 0.3 is 0 Å². The minimum atomic E-state index is 0. The Morgan fingerprint density at radius 1 is 0.368 bits per heavy atom. The molecule has 1 radical (unpaired) electrons. The van der Waals surface area contributed by atoms with Crippen molar-refractivity contribution in [1.29, 1.82) is 0 Å². The normalized spacial score (nSPS) is 12.3. The molecule has 0 amide bonds. The van der Waals surface area contributed by atoms with Gasteiger partial charge in [0.05, 0.1) is 22.1 Å². The second-order valence-corrected chi connectivity index (χ2v) is 20.5. The fourth-order valence-corrected chi connectivity index (χ4v) is 9.37. The third kappa shape index (κ3) is 14.6. The Morgan fingerprint density at radius 2 is 0.736 bits per heavy atom. The Morgan fingerprint density at radius 3 is 1.16 bits per heavy atom. The molecule has 427 valence electrons. The van der Waals surface area contributed by atoms with E-state index in [9.17, 15) is 0 Å². The molecule has 10 N–H and O–H groups in total. The maximum absolute atomic E-state index is 4.67. The van der Waals surface area contributed by atoms with Gasteiger partial charge in [-0.15, -0.1) is 12.1 Å². The predicted molar refractivity (Wildman–Crippen MR) is 337 cm³/mol. The van der Waals surface area contributed by atoms with Gasteiger partial charge in [0.1, 0.15) is 35.9 Å². The first-order valence-electron chi connectivity index (χ1n) is 28.1. The Kier molecular flexibility index (Phi) is 17.5. The van der Waals surface area contributed by atoms with Crippen LogP contribution >= 0.6 is 0 Å². The number of aromatic nitrogens is 16. The summed E-state index contributed by atoms with van der Waals surface area (Å²) < 4.78 is 0. The van der Waals surface area contributed by atoms with Crippen molar-refractivity contribution in [2.75, 3.05) is 31.9 Å². The number of aromatic amines is 4. The van der Waals surface area contributed by atoms with Gasteiger partial charge in [0, 0.05) is 127 Å². The first kappa shape index (κ1) is 57.1. The molecular formula is C64H57N22Pr-. The maximum atomic E-state index is 4.67. The number of H-pyrrole nitrogens is 4. The quantitative estimate of drug-likeness (QED) is 0.0453. The van der Waals surface area contributed by atoms with Crippen molar-refractivity contribution in [3.8, 4) is 0 Å². The molecule has 2 saturated carbocycles. The van der Waals surface area contributed by atoms with E-state index in [4.69, 9.17) is 0 Å². The second-order valence-electron chi connectivity index (χ2n) is 20.5. The van der Waals surface area contributed by atoms with Crippen LogP contribution in [0.4, 0.5) is 69.8 Å². The number of anilines is 12. The van der Waals surface area contributed by atoms with Gasteiger partial charge in [0.25, 0.3) is 0 Å². The van der Waals surface area contributed by atoms with Crippen molar-refractivity contribution in [3.05, 3.63) is 217 Å². The summed E-state index contributed by atoms with van der Waals surface area (Å²) >= 11 is 0. The van der Waals surface area contributed by atoms with E-state index in [-0.39, 0.29) is 41.3 Å². The summed E-state index contributed by atoms with van der Waals surface area (Å²) in [5.74, 6) is 8.42. The molecule has 0 spiro atoms. The van der Waals surface area contributed by atoms with Crippen molar-refractivity contribution in [2.45, 2.75) is 51.4 Å². The van der Waals surface area contributed by atoms with E-state index in [1.807, 2.05) is 178 Å². The van der Waals surface area contributed by atoms with Gasteiger partial charge in [-0.2, -0.15) is 48.6 Å². The molecule has 22 nitrogen and oxygen atoms in total. The van der Waals surface area contributed by atoms with Crippen LogP contribution in [0.1, 0.15) is 60.3 Å². The topological polar surface area (TPSA) is 290 Å². The molecule has 0 unspecified atom stereocenters. The van der Waals surface area contributed by atoms with E-state index in [1.165, 1.54) is 37.1 Å². The van der Waals surface area contributed by atoms with E-state index in [2.05, 4.69) is 131 Å². The summed E-state index contributed by atoms with van der Waals surface area (Å²) in [6.07, 6.45) is 8.04. The number of fused-ring (bicyclic) bond motifs is 4. The number of hydrogen-bond donors (Lipinski definition) is 10. The average molecular weight is 1280 g/mol. The van der Waals surface area contributed by atoms with Crippen molar-refractivity contribution in [2.24, 2.45) is 0 Å². The second kappa shape index (κ2) is 26.7. The van der Waals surface area contributed by atoms with Crippen LogP contribution in [0.15, 0.2) is 189 Å². The molecule has 23 heteroatoms. The minimum absolute atomic E-state index is 0. The van der Waals surface area contributed by atoms with Crippen LogP contribution in [0.2, 0.25) is 0 Å². The molecule has 8 aromatic heterocycles. The third-order valence-electron chi connectivity index (χ3n) is 13.9. The molecular weight excluding hydrogens is 1220 g/mol. The summed E-state index contributed by atoms with van der Waals surface area (Å²) in [5, 5.41) is 52.4. The Labute approximate surface area is 532 Å². The van der Waals surface area contributed by atoms with Crippen LogP contribution in [0.5, 0.6) is 0 Å². The maximum Gasteiger partial charge on any atom is 0.229 e. The number of para-hydroxylation sites is 5. The van der Waals surface area contributed by atoms with Crippen molar-refractivity contribution < 1.29 is 41.3 Å². The first-order valence-corrected chi connectivity index (χ1v) is 28.1. The van der Waals surface area contributed by atoms with Gasteiger partial charge in [0.2, 0.25) is 11.9 Å². The molecule has 14 aromatic rings. The van der Waals surface area contributed by atoms with E-state index in [0.717, 1.165) is 113 Å². The number of nitrogens with one attached hydrogen (secondary N) is 10. The van der Waals surface area contributed by atoms with Crippen LogP contribution < -0.4 is 31.9 Å². The minimum Gasteiger partial charge on any atom is -0.347 e. The van der Waals surface area contributed by atoms with Crippen LogP contribution in [0.25, 0.3) is 43.6 Å². The number of rotatable bonds is 14. The SMILES string of the molecule is Cc1cc(Nc2ncnc3ccccc23)n[nH]1.Cc1cc(Nc2ncnc3ccccc23)n[nH]1.[Pr].[c-]1ccc(Nc2nc(Nc3cc(C4CC4)[nH]n3)c3ccccc3n2)cc1.c1ccc(Nc2nc(Nc3cc(C4CC4)[nH]n3)c3ccccc3n2)cc1. The molecule has 87 heavy (non-hydrogen) atoms. The molecule has 2 fully saturated rings. The van der Waals surface area contributed by atoms with Gasteiger partial charge in [-0.05, 0) is 100 Å². The number of aryl methyl sites for hydroxylation is 2. The van der Waals surface area contributed by atoms with E-state index < -0.39 is 0 Å². The molecule has 2 aliphatic carbocycles. The zero-order valence-corrected chi connectivity index (χ0v) is 51.0. The summed E-state index contributed by atoms with van der Waals surface area (Å²) in [5.41, 5.74) is 9.82. The van der Waals surface area contributed by atoms with Gasteiger partial charge in [0.15, 0.2) is 23.3 Å². The largest absolute Gasteiger partial charge is 0.347 e. The summed E-state index contributed by atoms with van der Waals surface area (Å²) in [6.45, 7) is 3.91. The van der Waals surface area contributed by atoms with Gasteiger partial charge < -0.3 is 31.9 Å². The van der Waals surface area contributed by atoms with E-state index >= 15 is 0 Å². The van der Waals surface area contributed by atoms with Crippen LogP contribution in [-0.2, 0) is 0 Å². The standard InChI is InChI=1S/C20H18N6.C20H17N6.2C12H11N5.Pr/c2*1-2-6-14(7-3-1)21-20-22-16-9-5-4-8-15(16)19(24-20)23-18-12-17(25-26-18)13-10-11-13;2*1-8-6-11(17-16-8)15-12-9-4-2-3-5-10(9)13-7-14-12;/h1-9,12-13H,10-11H2,(H3,21,22,23,24,25,26);2-9,12-13H,10-11H2,(H3,21,22,23,24,25,26);2*2-7H,1H3,(H2,13,14,15,16,17);/q;-1;;;. The smallest absolute Gasteiger partial charge is 0.229 e. The summed E-state index contributed by atoms with van der Waals surface area (Å²) in [7, 11) is 0. The Bertz CT molecular complexity index is 4280. The molecule has 8 heterocycles. The fourth-order valence-electron chi connectivity index (χ4n) is 9.37. The zero-order chi connectivity index (χ0) is 58.0. The van der Waals surface area contributed by atoms with E-state index in [1.54, 1.807) is 12.7 Å². The van der Waals surface area contributed by atoms with Gasteiger partial charge in [-0.25, -0.2) is 29.9 Å². The van der Waals surface area contributed by atoms with Crippen LogP contribution in [0.3, 0.4) is 0 Å². The molecule has 0 bridgehead atoms. The molecule has 0 saturated heterocycles. The first-order chi connectivity index (χ1) is 42.3. The molecule has 0 atom stereocenters. The van der Waals surface area contributed by atoms with Crippen LogP contribution in [0, 0.1) is 61.2 Å². The number of benzene rings is 6. The zero-order valence-electron chi connectivity index (χ0n) is 47.3. The van der Waals surface area contributed by atoms with Crippen LogP contribution in [-0.4, -0.2) is 80.7 Å². The third-order valence-corrected chi connectivity index (χ3v) is 13.9. The summed E-state index contributed by atoms with van der Waals surface area (Å²) in [4.78, 5) is 35.5. The molecule has 2 aliphatic rings. The Balaban J connectivity index is 0.000000115. The molecule has 0 aliphatic heterocycles. The van der Waals surface area contributed by atoms with Gasteiger partial charge in [-0.1, -0.05) is 72.4 Å². The van der Waals surface area contributed by atoms with Crippen molar-refractivity contribution in [3.63, 3.8) is 0 Å². The molecule has 6 aromatic carbocycles. The average Bonchev–Trinajstić information content (AvgIpc) is 4.59. The molecule has 16 rings (SSSR count). The van der Waals surface area contributed by atoms with E-state index in [0.29, 0.717) is 23.7 Å². The van der Waals surface area contributed by atoms with Crippen molar-refractivity contribution in [1.82, 2.24) is 80.7 Å².